The van der Waals surface area contributed by atoms with Gasteiger partial charge in [0.25, 0.3) is 0 Å². The molecular formula is C3H5OP. The molecule has 1 nitrogen and oxygen atoms in total. The van der Waals surface area contributed by atoms with Crippen molar-refractivity contribution in [2.24, 2.45) is 0 Å². The summed E-state index contributed by atoms with van der Waals surface area (Å²) in [6, 6.07) is 0. The molecule has 0 bridgehead atoms. The molecule has 0 aromatic heterocycles. The minimum atomic E-state index is -0.210. The molecule has 28 valence electrons. The van der Waals surface area contributed by atoms with Crippen LogP contribution in [0.5, 0.6) is 0 Å². The van der Waals surface area contributed by atoms with E-state index in [2.05, 4.69) is 12.2 Å². The van der Waals surface area contributed by atoms with E-state index in [9.17, 15) is 0 Å². The monoisotopic (exact) mass is 88.0 g/mol. The Balaban J connectivity index is 3.16. The predicted octanol–water partition coefficient (Wildman–Crippen LogP) is 0.717. The first kappa shape index (κ1) is 4.78. The highest BCUT2D eigenvalue weighted by atomic mass is 31.1. The number of rotatable bonds is 0. The van der Waals surface area contributed by atoms with Gasteiger partial charge in [-0.3, -0.25) is 0 Å². The van der Waals surface area contributed by atoms with E-state index in [4.69, 9.17) is 4.89 Å². The molecule has 0 aromatic rings. The molecule has 0 aliphatic carbocycles. The van der Waals surface area contributed by atoms with E-state index in [1.165, 1.54) is 6.08 Å². The van der Waals surface area contributed by atoms with E-state index < -0.39 is 0 Å². The molecule has 5 heavy (non-hydrogen) atoms. The molecule has 0 saturated heterocycles. The van der Waals surface area contributed by atoms with Crippen molar-refractivity contribution < 1.29 is 4.89 Å². The van der Waals surface area contributed by atoms with E-state index in [1.807, 2.05) is 0 Å². The van der Waals surface area contributed by atoms with Crippen LogP contribution in [0.2, 0.25) is 0 Å². The van der Waals surface area contributed by atoms with Crippen molar-refractivity contribution in [3.05, 3.63) is 12.7 Å². The molecule has 0 fully saturated rings. The molecule has 1 unspecified atom stereocenters. The van der Waals surface area contributed by atoms with Gasteiger partial charge in [-0.15, -0.1) is 0 Å². The Kier molecular flexibility index (Phi) is 3.61. The van der Waals surface area contributed by atoms with Gasteiger partial charge >= 0.3 is 0 Å². The zero-order chi connectivity index (χ0) is 4.12. The van der Waals surface area contributed by atoms with Crippen molar-refractivity contribution in [1.29, 1.82) is 0 Å². The lowest BCUT2D eigenvalue weighted by Gasteiger charge is -1.50. The first-order valence-corrected chi connectivity index (χ1v) is 2.12. The van der Waals surface area contributed by atoms with Crippen molar-refractivity contribution in [3.8, 4) is 5.63 Å². The van der Waals surface area contributed by atoms with Gasteiger partial charge in [-0.05, 0) is 6.08 Å². The Labute approximate surface area is 32.5 Å². The van der Waals surface area contributed by atoms with Gasteiger partial charge < -0.3 is 4.89 Å². The summed E-state index contributed by atoms with van der Waals surface area (Å²) in [5.74, 6) is 0. The largest absolute Gasteiger partial charge is 0.346 e. The second kappa shape index (κ2) is 3.78. The number of allylic oxidation sites excluding steroid dienone is 1. The maximum Gasteiger partial charge on any atom is 0.0114 e. The minimum absolute atomic E-state index is 0.210. The standard InChI is InChI=1S/C3H5OP/c1-2-3-5-4/h2,4-5H,1H2. The number of hydrogen-bond acceptors (Lipinski definition) is 1. The van der Waals surface area contributed by atoms with Gasteiger partial charge in [0, 0.05) is 8.26 Å². The van der Waals surface area contributed by atoms with Crippen LogP contribution in [-0.4, -0.2) is 4.89 Å². The van der Waals surface area contributed by atoms with E-state index in [0.29, 0.717) is 0 Å². The van der Waals surface area contributed by atoms with Gasteiger partial charge in [-0.2, -0.15) is 0 Å². The fraction of sp³-hybridized carbons (Fsp3) is 0. The fourth-order valence-electron chi connectivity index (χ4n) is 0.0456. The molecule has 2 heteroatoms. The third-order valence-electron chi connectivity index (χ3n) is 0.167. The molecule has 0 amide bonds. The summed E-state index contributed by atoms with van der Waals surface area (Å²) in [6.07, 6.45) is 1.44. The summed E-state index contributed by atoms with van der Waals surface area (Å²) in [7, 11) is -0.210. The van der Waals surface area contributed by atoms with Gasteiger partial charge in [-0.1, -0.05) is 12.2 Å². The summed E-state index contributed by atoms with van der Waals surface area (Å²) < 4.78 is 0. The maximum absolute atomic E-state index is 7.91. The van der Waals surface area contributed by atoms with Gasteiger partial charge in [0.15, 0.2) is 0 Å². The first-order valence-electron chi connectivity index (χ1n) is 1.17. The SMILES string of the molecule is C=CC#[PH]O. The predicted molar refractivity (Wildman–Crippen MR) is 24.6 cm³/mol. The van der Waals surface area contributed by atoms with Crippen LogP contribution in [0.15, 0.2) is 12.7 Å². The molecule has 0 saturated carbocycles. The lowest BCUT2D eigenvalue weighted by atomic mass is 10.8. The molecule has 0 heterocycles. The summed E-state index contributed by atoms with van der Waals surface area (Å²) in [5.41, 5.74) is 2.46. The van der Waals surface area contributed by atoms with Crippen molar-refractivity contribution in [1.82, 2.24) is 0 Å². The summed E-state index contributed by atoms with van der Waals surface area (Å²) in [4.78, 5) is 7.91. The van der Waals surface area contributed by atoms with Crippen LogP contribution in [0.4, 0.5) is 0 Å². The van der Waals surface area contributed by atoms with Crippen molar-refractivity contribution in [2.45, 2.75) is 0 Å². The van der Waals surface area contributed by atoms with Crippen molar-refractivity contribution in [2.75, 3.05) is 0 Å². The van der Waals surface area contributed by atoms with Crippen LogP contribution in [0.3, 0.4) is 0 Å². The van der Waals surface area contributed by atoms with Crippen molar-refractivity contribution in [3.63, 3.8) is 0 Å². The lowest BCUT2D eigenvalue weighted by molar-refractivity contribution is 0.661. The highest BCUT2D eigenvalue weighted by Gasteiger charge is 1.35. The smallest absolute Gasteiger partial charge is 0.0114 e. The molecule has 0 aliphatic rings. The van der Waals surface area contributed by atoms with Crippen LogP contribution in [-0.2, 0) is 0 Å². The average molecular weight is 88.0 g/mol. The molecule has 0 radical (unpaired) electrons. The van der Waals surface area contributed by atoms with Gasteiger partial charge in [0.2, 0.25) is 0 Å². The summed E-state index contributed by atoms with van der Waals surface area (Å²) >= 11 is 0. The van der Waals surface area contributed by atoms with E-state index in [1.54, 1.807) is 0 Å². The Morgan fingerprint density at radius 2 is 2.60 bits per heavy atom. The van der Waals surface area contributed by atoms with Crippen molar-refractivity contribution >= 4 is 8.26 Å². The first-order chi connectivity index (χ1) is 2.41. The van der Waals surface area contributed by atoms with E-state index in [0.717, 1.165) is 0 Å². The molecule has 1 atom stereocenters. The molecule has 1 N–H and O–H groups in total. The molecule has 0 aliphatic heterocycles. The van der Waals surface area contributed by atoms with Crippen LogP contribution in [0.1, 0.15) is 0 Å². The van der Waals surface area contributed by atoms with E-state index >= 15 is 0 Å². The fourth-order valence-corrected chi connectivity index (χ4v) is 0.137. The molecule has 0 aromatic carbocycles. The molecule has 0 rings (SSSR count). The third-order valence-corrected chi connectivity index (χ3v) is 0.500. The Morgan fingerprint density at radius 3 is 2.60 bits per heavy atom. The third kappa shape index (κ3) is 3.78. The van der Waals surface area contributed by atoms with Gasteiger partial charge in [-0.25, -0.2) is 0 Å². The summed E-state index contributed by atoms with van der Waals surface area (Å²) in [5, 5.41) is 0. The van der Waals surface area contributed by atoms with Crippen LogP contribution in [0, 0.1) is 5.63 Å². The second-order valence-electron chi connectivity index (χ2n) is 0.460. The Hall–Kier alpha value is -0.220. The quantitative estimate of drug-likeness (QED) is 0.432. The Morgan fingerprint density at radius 1 is 2.00 bits per heavy atom. The molecular weight excluding hydrogens is 83.0 g/mol. The topological polar surface area (TPSA) is 20.2 Å². The van der Waals surface area contributed by atoms with Gasteiger partial charge in [0.05, 0.1) is 0 Å². The normalized spacial score (nSPS) is 6.60. The highest BCUT2D eigenvalue weighted by molar-refractivity contribution is 7.19. The number of hydrogen-bond donors (Lipinski definition) is 1. The Bertz CT molecular complexity index is 76.6. The minimum Gasteiger partial charge on any atom is -0.346 e. The maximum atomic E-state index is 7.91. The van der Waals surface area contributed by atoms with Gasteiger partial charge in [0.1, 0.15) is 0 Å². The zero-order valence-electron chi connectivity index (χ0n) is 2.73. The van der Waals surface area contributed by atoms with Crippen LogP contribution >= 0.6 is 8.26 Å². The van der Waals surface area contributed by atoms with Crippen LogP contribution < -0.4 is 0 Å². The zero-order valence-corrected chi connectivity index (χ0v) is 3.73. The second-order valence-corrected chi connectivity index (χ2v) is 0.973. The lowest BCUT2D eigenvalue weighted by Crippen LogP contribution is -1.25. The van der Waals surface area contributed by atoms with E-state index in [-0.39, 0.29) is 8.26 Å². The average Bonchev–Trinajstić information content (AvgIpc) is 1.41. The summed E-state index contributed by atoms with van der Waals surface area (Å²) in [6.45, 7) is 3.29. The molecule has 0 spiro atoms. The highest BCUT2D eigenvalue weighted by Crippen LogP contribution is 1.72. The van der Waals surface area contributed by atoms with Crippen LogP contribution in [0.25, 0.3) is 0 Å².